The summed E-state index contributed by atoms with van der Waals surface area (Å²) in [5.74, 6) is -0.217. The molecule has 0 saturated carbocycles. The van der Waals surface area contributed by atoms with E-state index in [9.17, 15) is 14.7 Å². The first-order valence-corrected chi connectivity index (χ1v) is 9.12. The van der Waals surface area contributed by atoms with E-state index in [1.807, 2.05) is 49.3 Å². The van der Waals surface area contributed by atoms with Crippen molar-refractivity contribution in [2.75, 3.05) is 26.1 Å². The number of benzene rings is 2. The fraction of sp³-hybridized carbons (Fsp3) is 0.167. The minimum Gasteiger partial charge on any atom is -0.504 e. The third kappa shape index (κ3) is 9.89. The van der Waals surface area contributed by atoms with Crippen LogP contribution in [0.15, 0.2) is 66.8 Å². The van der Waals surface area contributed by atoms with Crippen LogP contribution in [-0.4, -0.2) is 46.3 Å². The second kappa shape index (κ2) is 15.2. The Morgan fingerprint density at radius 1 is 0.906 bits per heavy atom. The summed E-state index contributed by atoms with van der Waals surface area (Å²) in [6.07, 6.45) is 9.41. The van der Waals surface area contributed by atoms with E-state index >= 15 is 0 Å². The lowest BCUT2D eigenvalue weighted by Gasteiger charge is -2.11. The van der Waals surface area contributed by atoms with Crippen LogP contribution < -0.4 is 9.64 Å². The van der Waals surface area contributed by atoms with E-state index in [1.54, 1.807) is 30.4 Å². The number of phenolic OH excluding ortho intramolecular Hbond substituents is 1. The molecule has 2 rings (SSSR count). The molecular weight excluding hydrogens is 415 g/mol. The Morgan fingerprint density at radius 2 is 1.50 bits per heavy atom. The molecule has 0 spiro atoms. The highest BCUT2D eigenvalue weighted by atomic mass is 19.0. The van der Waals surface area contributed by atoms with Crippen molar-refractivity contribution in [1.82, 2.24) is 0 Å². The van der Waals surface area contributed by atoms with Crippen LogP contribution >= 0.6 is 0 Å². The monoisotopic (exact) mass is 442 g/mol. The highest BCUT2D eigenvalue weighted by Crippen LogP contribution is 2.26. The number of carbonyl (C=O) groups is 2. The van der Waals surface area contributed by atoms with Crippen molar-refractivity contribution >= 4 is 37.8 Å². The van der Waals surface area contributed by atoms with Gasteiger partial charge in [-0.15, -0.1) is 0 Å². The van der Waals surface area contributed by atoms with E-state index in [0.29, 0.717) is 11.3 Å². The number of phenols is 1. The van der Waals surface area contributed by atoms with Gasteiger partial charge >= 0.3 is 0 Å². The molecule has 8 heteroatoms. The summed E-state index contributed by atoms with van der Waals surface area (Å²) < 4.78 is 5.02. The molecule has 2 aromatic rings. The van der Waals surface area contributed by atoms with Crippen LogP contribution in [0.25, 0.3) is 12.2 Å². The van der Waals surface area contributed by atoms with Crippen LogP contribution in [0.4, 0.5) is 15.1 Å². The first kappa shape index (κ1) is 30.5. The molecule has 0 unspecified atom stereocenters. The van der Waals surface area contributed by atoms with Crippen LogP contribution in [0.1, 0.15) is 17.5 Å². The van der Waals surface area contributed by atoms with E-state index in [2.05, 4.69) is 0 Å². The highest BCUT2D eigenvalue weighted by molar-refractivity contribution is 6.09. The van der Waals surface area contributed by atoms with Gasteiger partial charge in [0, 0.05) is 28.2 Å². The lowest BCUT2D eigenvalue weighted by atomic mass is 10.1. The number of nitrogens with zero attached hydrogens (tertiary/aromatic N) is 1. The van der Waals surface area contributed by atoms with E-state index < -0.39 is 0 Å². The van der Waals surface area contributed by atoms with Gasteiger partial charge in [-0.2, -0.15) is 0 Å². The second-order valence-corrected chi connectivity index (χ2v) is 6.58. The van der Waals surface area contributed by atoms with Crippen LogP contribution in [0.5, 0.6) is 11.5 Å². The molecule has 0 aliphatic heterocycles. The van der Waals surface area contributed by atoms with Crippen LogP contribution in [-0.2, 0) is 9.59 Å². The number of hydrogen-bond acceptors (Lipinski definition) is 5. The third-order valence-corrected chi connectivity index (χ3v) is 4.11. The zero-order valence-electron chi connectivity index (χ0n) is 18.2. The smallest absolute Gasteiger partial charge is 0.163 e. The number of carbonyl (C=O) groups excluding carboxylic acids is 2. The predicted octanol–water partition coefficient (Wildman–Crippen LogP) is 4.20. The van der Waals surface area contributed by atoms with Gasteiger partial charge in [-0.1, -0.05) is 42.5 Å². The first-order valence-electron chi connectivity index (χ1n) is 9.12. The molecule has 2 aromatic carbocycles. The fourth-order valence-electron chi connectivity index (χ4n) is 2.49. The van der Waals surface area contributed by atoms with E-state index in [-0.39, 0.29) is 41.6 Å². The standard InChI is InChI=1S/C24H25NO4.B.2FH/c1-25(2)20-12-8-18(9-13-20)6-4-5-7-21(26)17-22(27)14-10-19-11-15-23(28)24(16-19)29-3;;;/h4-16,28H,17H2,1-3H3;;2*1H. The zero-order valence-corrected chi connectivity index (χ0v) is 18.2. The first-order chi connectivity index (χ1) is 13.9. The van der Waals surface area contributed by atoms with Crippen molar-refractivity contribution in [3.8, 4) is 11.5 Å². The zero-order chi connectivity index (χ0) is 21.2. The molecule has 5 nitrogen and oxygen atoms in total. The van der Waals surface area contributed by atoms with Crippen LogP contribution in [0.2, 0.25) is 0 Å². The minimum atomic E-state index is -0.296. The normalized spacial score (nSPS) is 10.3. The molecular formula is C24H27BF2NO4. The summed E-state index contributed by atoms with van der Waals surface area (Å²) in [6, 6.07) is 12.8. The summed E-state index contributed by atoms with van der Waals surface area (Å²) in [5, 5.41) is 9.57. The molecule has 1 N–H and O–H groups in total. The number of methoxy groups -OCH3 is 1. The topological polar surface area (TPSA) is 66.8 Å². The Bertz CT molecular complexity index is 955. The van der Waals surface area contributed by atoms with Gasteiger partial charge < -0.3 is 14.7 Å². The second-order valence-electron chi connectivity index (χ2n) is 6.58. The van der Waals surface area contributed by atoms with Crippen molar-refractivity contribution in [3.05, 3.63) is 77.9 Å². The quantitative estimate of drug-likeness (QED) is 0.273. The van der Waals surface area contributed by atoms with Gasteiger partial charge in [-0.3, -0.25) is 19.0 Å². The van der Waals surface area contributed by atoms with Crippen LogP contribution in [0, 0.1) is 0 Å². The van der Waals surface area contributed by atoms with Gasteiger partial charge in [0.15, 0.2) is 23.1 Å². The molecule has 0 bridgehead atoms. The molecule has 32 heavy (non-hydrogen) atoms. The maximum atomic E-state index is 11.9. The SMILES string of the molecule is COc1cc(C=CC(=O)CC(=O)C=CC=Cc2ccc(N(C)C)cc2)ccc1O.F.F.[B]. The van der Waals surface area contributed by atoms with Crippen molar-refractivity contribution in [3.63, 3.8) is 0 Å². The van der Waals surface area contributed by atoms with Crippen molar-refractivity contribution in [2.24, 2.45) is 0 Å². The molecule has 0 saturated heterocycles. The van der Waals surface area contributed by atoms with Gasteiger partial charge in [0.05, 0.1) is 13.5 Å². The Labute approximate surface area is 189 Å². The molecule has 3 radical (unpaired) electrons. The molecule has 169 valence electrons. The molecule has 0 aromatic heterocycles. The van der Waals surface area contributed by atoms with Gasteiger partial charge in [-0.05, 0) is 47.5 Å². The van der Waals surface area contributed by atoms with Gasteiger partial charge in [0.25, 0.3) is 0 Å². The molecule has 0 aliphatic rings. The summed E-state index contributed by atoms with van der Waals surface area (Å²) in [7, 11) is 5.42. The Balaban J connectivity index is 0. The molecule has 0 aliphatic carbocycles. The number of anilines is 1. The van der Waals surface area contributed by atoms with Gasteiger partial charge in [0.2, 0.25) is 0 Å². The van der Waals surface area contributed by atoms with Gasteiger partial charge in [0.1, 0.15) is 0 Å². The van der Waals surface area contributed by atoms with Crippen molar-refractivity contribution in [2.45, 2.75) is 6.42 Å². The number of aromatic hydroxyl groups is 1. The number of rotatable bonds is 9. The number of hydrogen-bond donors (Lipinski definition) is 1. The summed E-state index contributed by atoms with van der Waals surface area (Å²) in [5.41, 5.74) is 2.83. The number of ketones is 2. The van der Waals surface area contributed by atoms with Crippen molar-refractivity contribution < 1.29 is 28.8 Å². The highest BCUT2D eigenvalue weighted by Gasteiger charge is 2.04. The largest absolute Gasteiger partial charge is 0.504 e. The summed E-state index contributed by atoms with van der Waals surface area (Å²) in [4.78, 5) is 25.9. The lowest BCUT2D eigenvalue weighted by Crippen LogP contribution is -2.07. The Morgan fingerprint density at radius 3 is 2.09 bits per heavy atom. The number of halogens is 2. The van der Waals surface area contributed by atoms with E-state index in [1.165, 1.54) is 25.3 Å². The summed E-state index contributed by atoms with van der Waals surface area (Å²) >= 11 is 0. The van der Waals surface area contributed by atoms with Gasteiger partial charge in [-0.25, -0.2) is 0 Å². The molecule has 0 heterocycles. The lowest BCUT2D eigenvalue weighted by molar-refractivity contribution is -0.121. The number of ether oxygens (including phenoxy) is 1. The average Bonchev–Trinajstić information content (AvgIpc) is 2.71. The van der Waals surface area contributed by atoms with E-state index in [0.717, 1.165) is 11.3 Å². The Kier molecular flexibility index (Phi) is 14.5. The molecule has 0 amide bonds. The number of allylic oxidation sites excluding steroid dienone is 4. The van der Waals surface area contributed by atoms with E-state index in [4.69, 9.17) is 4.74 Å². The molecule has 0 atom stereocenters. The predicted molar refractivity (Wildman–Crippen MR) is 128 cm³/mol. The maximum absolute atomic E-state index is 11.9. The Hall–Kier alpha value is -3.68. The van der Waals surface area contributed by atoms with Crippen LogP contribution in [0.3, 0.4) is 0 Å². The summed E-state index contributed by atoms with van der Waals surface area (Å²) in [6.45, 7) is 0. The average molecular weight is 442 g/mol. The third-order valence-electron chi connectivity index (χ3n) is 4.11. The maximum Gasteiger partial charge on any atom is 0.163 e. The minimum absolute atomic E-state index is 0. The fourth-order valence-corrected chi connectivity index (χ4v) is 2.49. The molecule has 0 fully saturated rings. The van der Waals surface area contributed by atoms with Crippen molar-refractivity contribution in [1.29, 1.82) is 0 Å².